The summed E-state index contributed by atoms with van der Waals surface area (Å²) in [4.78, 5) is 28.2. The van der Waals surface area contributed by atoms with Gasteiger partial charge < -0.3 is 20.0 Å². The van der Waals surface area contributed by atoms with Gasteiger partial charge in [-0.15, -0.1) is 0 Å². The molecule has 0 saturated carbocycles. The largest absolute Gasteiger partial charge is 0.423 e. The van der Waals surface area contributed by atoms with Crippen LogP contribution in [0.25, 0.3) is 0 Å². The fourth-order valence-electron chi connectivity index (χ4n) is 5.10. The maximum absolute atomic E-state index is 13.3. The molecule has 0 aromatic heterocycles. The number of nitro benzene ring substituents is 1. The molecule has 2 fully saturated rings. The highest BCUT2D eigenvalue weighted by atomic mass is 35.5. The van der Waals surface area contributed by atoms with Gasteiger partial charge in [-0.05, 0) is 43.2 Å². The van der Waals surface area contributed by atoms with Crippen LogP contribution in [0.15, 0.2) is 36.4 Å². The van der Waals surface area contributed by atoms with Gasteiger partial charge in [0.25, 0.3) is 5.69 Å². The molecule has 41 heavy (non-hydrogen) atoms. The topological polar surface area (TPSA) is 82.0 Å². The summed E-state index contributed by atoms with van der Waals surface area (Å²) in [6, 6.07) is 6.52. The van der Waals surface area contributed by atoms with Crippen molar-refractivity contribution in [2.75, 3.05) is 56.0 Å². The average Bonchev–Trinajstić information content (AvgIpc) is 2.91. The molecule has 2 aliphatic heterocycles. The molecule has 2 aromatic carbocycles. The lowest BCUT2D eigenvalue weighted by atomic mass is 10.0. The second kappa shape index (κ2) is 12.3. The van der Waals surface area contributed by atoms with Gasteiger partial charge in [-0.3, -0.25) is 14.9 Å². The summed E-state index contributed by atoms with van der Waals surface area (Å²) in [5, 5.41) is 13.6. The standard InChI is InChI=1S/C26H28ClF6N5O3/c27-22-3-2-19(16-20(22)25(28,29)30)36-11-13-37(14-12-36)24(39)7-10-35-8-5-17(6-9-35)34-18-1-4-23(38(40)41)21(15-18)26(31,32)33/h1-4,15-17,34H,5-14H2. The third kappa shape index (κ3) is 7.73. The summed E-state index contributed by atoms with van der Waals surface area (Å²) in [6.45, 7) is 3.29. The van der Waals surface area contributed by atoms with Crippen molar-refractivity contribution in [3.05, 3.63) is 62.7 Å². The van der Waals surface area contributed by atoms with Crippen molar-refractivity contribution in [2.24, 2.45) is 0 Å². The zero-order chi connectivity index (χ0) is 29.9. The Labute approximate surface area is 237 Å². The molecule has 2 heterocycles. The maximum atomic E-state index is 13.3. The number of anilines is 2. The lowest BCUT2D eigenvalue weighted by Gasteiger charge is -2.37. The van der Waals surface area contributed by atoms with Gasteiger partial charge in [-0.1, -0.05) is 11.6 Å². The van der Waals surface area contributed by atoms with E-state index in [0.717, 1.165) is 18.2 Å². The molecule has 2 aromatic rings. The predicted octanol–water partition coefficient (Wildman–Crippen LogP) is 5.90. The van der Waals surface area contributed by atoms with Crippen LogP contribution in [0.5, 0.6) is 0 Å². The highest BCUT2D eigenvalue weighted by molar-refractivity contribution is 6.31. The number of nitrogens with zero attached hydrogens (tertiary/aromatic N) is 4. The summed E-state index contributed by atoms with van der Waals surface area (Å²) in [5.41, 5.74) is -2.64. The highest BCUT2D eigenvalue weighted by Gasteiger charge is 2.39. The van der Waals surface area contributed by atoms with Crippen LogP contribution >= 0.6 is 11.6 Å². The first-order chi connectivity index (χ1) is 19.2. The number of piperazine rings is 1. The normalized spacial score (nSPS) is 17.5. The highest BCUT2D eigenvalue weighted by Crippen LogP contribution is 2.38. The van der Waals surface area contributed by atoms with Crippen LogP contribution in [0.4, 0.5) is 43.4 Å². The van der Waals surface area contributed by atoms with E-state index in [9.17, 15) is 41.3 Å². The van der Waals surface area contributed by atoms with E-state index in [-0.39, 0.29) is 29.1 Å². The average molecular weight is 608 g/mol. The van der Waals surface area contributed by atoms with Gasteiger partial charge in [0, 0.05) is 75.7 Å². The zero-order valence-corrected chi connectivity index (χ0v) is 22.5. The van der Waals surface area contributed by atoms with Gasteiger partial charge in [0.1, 0.15) is 5.56 Å². The van der Waals surface area contributed by atoms with Crippen molar-refractivity contribution in [2.45, 2.75) is 37.7 Å². The number of carbonyl (C=O) groups is 1. The number of hydrogen-bond donors (Lipinski definition) is 1. The molecule has 0 unspecified atom stereocenters. The van der Waals surface area contributed by atoms with Gasteiger partial charge in [-0.25, -0.2) is 0 Å². The number of nitrogens with one attached hydrogen (secondary N) is 1. The summed E-state index contributed by atoms with van der Waals surface area (Å²) < 4.78 is 79.3. The Bertz CT molecular complexity index is 1260. The van der Waals surface area contributed by atoms with Crippen molar-refractivity contribution >= 4 is 34.6 Å². The first kappa shape index (κ1) is 30.7. The number of carbonyl (C=O) groups excluding carboxylic acids is 1. The number of nitro groups is 1. The Morgan fingerprint density at radius 3 is 2.15 bits per heavy atom. The van der Waals surface area contributed by atoms with Crippen molar-refractivity contribution in [1.29, 1.82) is 0 Å². The zero-order valence-electron chi connectivity index (χ0n) is 21.8. The number of piperidine rings is 1. The molecule has 8 nitrogen and oxygen atoms in total. The van der Waals surface area contributed by atoms with E-state index in [0.29, 0.717) is 64.3 Å². The number of hydrogen-bond acceptors (Lipinski definition) is 6. The van der Waals surface area contributed by atoms with Gasteiger partial charge in [0.2, 0.25) is 5.91 Å². The van der Waals surface area contributed by atoms with E-state index in [2.05, 4.69) is 10.2 Å². The molecule has 15 heteroatoms. The van der Waals surface area contributed by atoms with E-state index in [4.69, 9.17) is 11.6 Å². The number of likely N-dealkylation sites (tertiary alicyclic amines) is 1. The van der Waals surface area contributed by atoms with E-state index < -0.39 is 34.1 Å². The fourth-order valence-corrected chi connectivity index (χ4v) is 5.33. The summed E-state index contributed by atoms with van der Waals surface area (Å²) in [5.74, 6) is -0.0532. The first-order valence-corrected chi connectivity index (χ1v) is 13.3. The monoisotopic (exact) mass is 607 g/mol. The minimum Gasteiger partial charge on any atom is -0.382 e. The molecule has 0 atom stereocenters. The molecular weight excluding hydrogens is 580 g/mol. The van der Waals surface area contributed by atoms with Crippen LogP contribution in [0, 0.1) is 10.1 Å². The molecule has 0 radical (unpaired) electrons. The smallest absolute Gasteiger partial charge is 0.382 e. The Kier molecular flexibility index (Phi) is 9.22. The van der Waals surface area contributed by atoms with Crippen LogP contribution in [-0.4, -0.2) is 72.5 Å². The summed E-state index contributed by atoms with van der Waals surface area (Å²) >= 11 is 5.71. The Balaban J connectivity index is 1.21. The second-order valence-electron chi connectivity index (χ2n) is 10.0. The first-order valence-electron chi connectivity index (χ1n) is 13.0. The second-order valence-corrected chi connectivity index (χ2v) is 10.4. The van der Waals surface area contributed by atoms with Gasteiger partial charge >= 0.3 is 12.4 Å². The molecule has 0 spiro atoms. The van der Waals surface area contributed by atoms with Crippen molar-refractivity contribution in [3.63, 3.8) is 0 Å². The lowest BCUT2D eigenvalue weighted by molar-refractivity contribution is -0.388. The molecule has 1 N–H and O–H groups in total. The van der Waals surface area contributed by atoms with Gasteiger partial charge in [-0.2, -0.15) is 26.3 Å². The number of amides is 1. The number of benzene rings is 2. The van der Waals surface area contributed by atoms with Crippen LogP contribution in [0.3, 0.4) is 0 Å². The molecular formula is C26H28ClF6N5O3. The van der Waals surface area contributed by atoms with E-state index in [1.54, 1.807) is 9.80 Å². The number of halogens is 7. The third-order valence-electron chi connectivity index (χ3n) is 7.35. The van der Waals surface area contributed by atoms with Crippen LogP contribution in [0.2, 0.25) is 5.02 Å². The third-order valence-corrected chi connectivity index (χ3v) is 7.68. The quantitative estimate of drug-likeness (QED) is 0.240. The Hall–Kier alpha value is -3.26. The molecule has 224 valence electrons. The molecule has 4 rings (SSSR count). The van der Waals surface area contributed by atoms with Crippen molar-refractivity contribution in [1.82, 2.24) is 9.80 Å². The molecule has 0 bridgehead atoms. The van der Waals surface area contributed by atoms with E-state index in [1.807, 2.05) is 0 Å². The Morgan fingerprint density at radius 2 is 1.56 bits per heavy atom. The number of rotatable bonds is 7. The molecule has 1 amide bonds. The minimum atomic E-state index is -4.85. The maximum Gasteiger partial charge on any atom is 0.423 e. The number of alkyl halides is 6. The fraction of sp³-hybridized carbons (Fsp3) is 0.500. The van der Waals surface area contributed by atoms with E-state index in [1.165, 1.54) is 18.2 Å². The lowest BCUT2D eigenvalue weighted by Crippen LogP contribution is -2.49. The van der Waals surface area contributed by atoms with Crippen molar-refractivity contribution in [3.8, 4) is 0 Å². The van der Waals surface area contributed by atoms with Gasteiger partial charge in [0.15, 0.2) is 0 Å². The Morgan fingerprint density at radius 1 is 0.927 bits per heavy atom. The summed E-state index contributed by atoms with van der Waals surface area (Å²) in [6.07, 6.45) is -7.90. The summed E-state index contributed by atoms with van der Waals surface area (Å²) in [7, 11) is 0. The molecule has 2 aliphatic rings. The van der Waals surface area contributed by atoms with Crippen molar-refractivity contribution < 1.29 is 36.1 Å². The predicted molar refractivity (Wildman–Crippen MR) is 141 cm³/mol. The molecule has 2 saturated heterocycles. The van der Waals surface area contributed by atoms with E-state index >= 15 is 0 Å². The van der Waals surface area contributed by atoms with Crippen LogP contribution < -0.4 is 10.2 Å². The van der Waals surface area contributed by atoms with Crippen LogP contribution in [0.1, 0.15) is 30.4 Å². The van der Waals surface area contributed by atoms with Crippen LogP contribution in [-0.2, 0) is 17.1 Å². The molecule has 0 aliphatic carbocycles. The van der Waals surface area contributed by atoms with Gasteiger partial charge in [0.05, 0.1) is 15.5 Å². The SMILES string of the molecule is O=C(CCN1CCC(Nc2ccc([N+](=O)[O-])c(C(F)(F)F)c2)CC1)N1CCN(c2ccc(Cl)c(C(F)(F)F)c2)CC1. The minimum absolute atomic E-state index is 0.0532.